The van der Waals surface area contributed by atoms with Crippen LogP contribution in [-0.2, 0) is 9.47 Å². The lowest BCUT2D eigenvalue weighted by atomic mass is 10.1. The number of rotatable bonds is 3. The molecule has 2 heterocycles. The molecule has 2 unspecified atom stereocenters. The normalized spacial score (nSPS) is 23.6. The summed E-state index contributed by atoms with van der Waals surface area (Å²) in [5.74, 6) is 0.187. The lowest BCUT2D eigenvalue weighted by Crippen LogP contribution is -2.14. The summed E-state index contributed by atoms with van der Waals surface area (Å²) in [6.07, 6.45) is 3.03. The molecule has 0 aromatic carbocycles. The van der Waals surface area contributed by atoms with Gasteiger partial charge in [-0.05, 0) is 12.8 Å². The van der Waals surface area contributed by atoms with Gasteiger partial charge in [0.1, 0.15) is 0 Å². The Hall–Kier alpha value is -1.93. The maximum absolute atomic E-state index is 9.03. The number of aromatic amines is 1. The van der Waals surface area contributed by atoms with Crippen molar-refractivity contribution in [1.82, 2.24) is 9.97 Å². The van der Waals surface area contributed by atoms with Crippen molar-refractivity contribution in [2.45, 2.75) is 25.0 Å². The topological polar surface area (TPSA) is 130 Å². The van der Waals surface area contributed by atoms with Gasteiger partial charge in [-0.15, -0.1) is 0 Å². The Balaban J connectivity index is 2.13. The molecular weight excluding hydrogens is 250 g/mol. The highest BCUT2D eigenvalue weighted by atomic mass is 16.5. The van der Waals surface area contributed by atoms with Crippen LogP contribution >= 0.6 is 0 Å². The monoisotopic (exact) mass is 267 g/mol. The summed E-state index contributed by atoms with van der Waals surface area (Å²) in [6.45, 7) is 0.0204. The molecule has 5 N–H and O–H groups in total. The van der Waals surface area contributed by atoms with E-state index in [1.165, 1.54) is 7.11 Å². The number of aliphatic imine (C=N–C) groups is 1. The molecule has 1 aromatic heterocycles. The van der Waals surface area contributed by atoms with Crippen LogP contribution in [0.4, 0.5) is 0 Å². The zero-order chi connectivity index (χ0) is 13.8. The van der Waals surface area contributed by atoms with Gasteiger partial charge in [0, 0.05) is 0 Å². The summed E-state index contributed by atoms with van der Waals surface area (Å²) in [6, 6.07) is 0. The SMILES string of the molecule is COC(=NC(=N)N)c1ncc(C2CCC(CO)O2)[nH]1. The summed E-state index contributed by atoms with van der Waals surface area (Å²) in [4.78, 5) is 10.9. The third-order valence-electron chi connectivity index (χ3n) is 2.87. The first-order valence-corrected chi connectivity index (χ1v) is 5.92. The minimum Gasteiger partial charge on any atom is -0.478 e. The summed E-state index contributed by atoms with van der Waals surface area (Å²) in [5.41, 5.74) is 5.98. The van der Waals surface area contributed by atoms with Crippen LogP contribution in [0.2, 0.25) is 0 Å². The Kier molecular flexibility index (Phi) is 4.13. The van der Waals surface area contributed by atoms with Crippen molar-refractivity contribution in [2.24, 2.45) is 10.7 Å². The second-order valence-electron chi connectivity index (χ2n) is 4.20. The smallest absolute Gasteiger partial charge is 0.260 e. The largest absolute Gasteiger partial charge is 0.478 e. The van der Waals surface area contributed by atoms with Crippen LogP contribution in [-0.4, -0.2) is 46.8 Å². The van der Waals surface area contributed by atoms with Crippen molar-refractivity contribution >= 4 is 11.9 Å². The number of hydrogen-bond donors (Lipinski definition) is 4. The molecule has 1 aromatic rings. The molecule has 1 aliphatic heterocycles. The van der Waals surface area contributed by atoms with Crippen molar-refractivity contribution in [3.8, 4) is 0 Å². The summed E-state index contributed by atoms with van der Waals surface area (Å²) in [7, 11) is 1.43. The van der Waals surface area contributed by atoms with E-state index in [1.54, 1.807) is 6.20 Å². The predicted octanol–water partition coefficient (Wildman–Crippen LogP) is -0.0914. The fourth-order valence-electron chi connectivity index (χ4n) is 1.98. The maximum Gasteiger partial charge on any atom is 0.260 e. The van der Waals surface area contributed by atoms with E-state index in [2.05, 4.69) is 15.0 Å². The fourth-order valence-corrected chi connectivity index (χ4v) is 1.98. The number of aromatic nitrogens is 2. The van der Waals surface area contributed by atoms with E-state index >= 15 is 0 Å². The number of H-pyrrole nitrogens is 1. The molecule has 0 radical (unpaired) electrons. The molecule has 0 amide bonds. The van der Waals surface area contributed by atoms with E-state index in [4.69, 9.17) is 25.7 Å². The highest BCUT2D eigenvalue weighted by Crippen LogP contribution is 2.31. The lowest BCUT2D eigenvalue weighted by Gasteiger charge is -2.09. The lowest BCUT2D eigenvalue weighted by molar-refractivity contribution is 0.00938. The first-order valence-electron chi connectivity index (χ1n) is 5.92. The molecule has 2 rings (SSSR count). The number of imidazole rings is 1. The Morgan fingerprint density at radius 3 is 3.11 bits per heavy atom. The van der Waals surface area contributed by atoms with Crippen LogP contribution in [0.15, 0.2) is 11.2 Å². The number of guanidine groups is 1. The third kappa shape index (κ3) is 3.09. The average Bonchev–Trinajstić information content (AvgIpc) is 3.03. The standard InChI is InChI=1S/C11H17N5O3/c1-18-10(16-11(12)13)9-14-4-7(15-9)8-3-2-6(5-17)19-8/h4,6,8,17H,2-3,5H2,1H3,(H3,12,13)(H,14,15). The highest BCUT2D eigenvalue weighted by Gasteiger charge is 2.27. The van der Waals surface area contributed by atoms with Crippen molar-refractivity contribution in [3.05, 3.63) is 17.7 Å². The minimum absolute atomic E-state index is 0.0204. The van der Waals surface area contributed by atoms with Crippen LogP contribution in [0.25, 0.3) is 0 Å². The number of hydrogen-bond acceptors (Lipinski definition) is 5. The first kappa shape index (κ1) is 13.5. The molecule has 8 heteroatoms. The Labute approximate surface area is 110 Å². The molecule has 1 aliphatic rings. The van der Waals surface area contributed by atoms with Gasteiger partial charge in [0.2, 0.25) is 5.96 Å². The number of ether oxygens (including phenoxy) is 2. The molecule has 19 heavy (non-hydrogen) atoms. The number of nitrogens with zero attached hydrogens (tertiary/aromatic N) is 2. The molecule has 8 nitrogen and oxygen atoms in total. The second-order valence-corrected chi connectivity index (χ2v) is 4.20. The Morgan fingerprint density at radius 1 is 1.74 bits per heavy atom. The molecule has 1 fully saturated rings. The molecule has 2 atom stereocenters. The highest BCUT2D eigenvalue weighted by molar-refractivity contribution is 5.98. The second kappa shape index (κ2) is 5.81. The van der Waals surface area contributed by atoms with Crippen molar-refractivity contribution < 1.29 is 14.6 Å². The van der Waals surface area contributed by atoms with Gasteiger partial charge in [0.25, 0.3) is 5.90 Å². The molecule has 104 valence electrons. The summed E-state index contributed by atoms with van der Waals surface area (Å²) >= 11 is 0. The zero-order valence-electron chi connectivity index (χ0n) is 10.6. The quantitative estimate of drug-likeness (QED) is 0.449. The van der Waals surface area contributed by atoms with Crippen LogP contribution in [0.3, 0.4) is 0 Å². The summed E-state index contributed by atoms with van der Waals surface area (Å²) < 4.78 is 10.7. The van der Waals surface area contributed by atoms with E-state index in [0.29, 0.717) is 5.82 Å². The van der Waals surface area contributed by atoms with Gasteiger partial charge in [-0.25, -0.2) is 4.98 Å². The number of nitrogens with one attached hydrogen (secondary N) is 2. The van der Waals surface area contributed by atoms with Crippen LogP contribution < -0.4 is 5.73 Å². The Bertz CT molecular complexity index is 484. The molecule has 0 saturated carbocycles. The first-order chi connectivity index (χ1) is 9.13. The number of nitrogens with two attached hydrogens (primary N) is 1. The predicted molar refractivity (Wildman–Crippen MR) is 68.0 cm³/mol. The van der Waals surface area contributed by atoms with E-state index in [-0.39, 0.29) is 30.7 Å². The van der Waals surface area contributed by atoms with Gasteiger partial charge in [-0.3, -0.25) is 5.41 Å². The van der Waals surface area contributed by atoms with E-state index < -0.39 is 0 Å². The van der Waals surface area contributed by atoms with Crippen LogP contribution in [0, 0.1) is 5.41 Å². The van der Waals surface area contributed by atoms with Crippen molar-refractivity contribution in [1.29, 1.82) is 5.41 Å². The minimum atomic E-state index is -0.354. The van der Waals surface area contributed by atoms with Gasteiger partial charge in [-0.1, -0.05) is 0 Å². The Morgan fingerprint density at radius 2 is 2.53 bits per heavy atom. The number of aliphatic hydroxyl groups excluding tert-OH is 1. The molecular formula is C11H17N5O3. The number of aliphatic hydroxyl groups is 1. The zero-order valence-corrected chi connectivity index (χ0v) is 10.6. The van der Waals surface area contributed by atoms with E-state index in [0.717, 1.165) is 18.5 Å². The third-order valence-corrected chi connectivity index (χ3v) is 2.87. The van der Waals surface area contributed by atoms with E-state index in [9.17, 15) is 0 Å². The molecule has 0 bridgehead atoms. The average molecular weight is 267 g/mol. The van der Waals surface area contributed by atoms with Gasteiger partial charge < -0.3 is 25.3 Å². The van der Waals surface area contributed by atoms with Gasteiger partial charge >= 0.3 is 0 Å². The number of methoxy groups -OCH3 is 1. The van der Waals surface area contributed by atoms with E-state index in [1.807, 2.05) is 0 Å². The summed E-state index contributed by atoms with van der Waals surface area (Å²) in [5, 5.41) is 16.2. The van der Waals surface area contributed by atoms with Gasteiger partial charge in [0.05, 0.1) is 37.8 Å². The maximum atomic E-state index is 9.03. The van der Waals surface area contributed by atoms with Crippen LogP contribution in [0.1, 0.15) is 30.5 Å². The fraction of sp³-hybridized carbons (Fsp3) is 0.545. The van der Waals surface area contributed by atoms with Gasteiger partial charge in [0.15, 0.2) is 5.82 Å². The van der Waals surface area contributed by atoms with Crippen molar-refractivity contribution in [2.75, 3.05) is 13.7 Å². The molecule has 1 saturated heterocycles. The van der Waals surface area contributed by atoms with Crippen molar-refractivity contribution in [3.63, 3.8) is 0 Å². The molecule has 0 spiro atoms. The van der Waals surface area contributed by atoms with Gasteiger partial charge in [-0.2, -0.15) is 4.99 Å². The van der Waals surface area contributed by atoms with Crippen LogP contribution in [0.5, 0.6) is 0 Å². The molecule has 0 aliphatic carbocycles.